The molecule has 0 saturated heterocycles. The molecule has 0 aliphatic rings. The van der Waals surface area contributed by atoms with Crippen LogP contribution in [0.15, 0.2) is 18.2 Å². The van der Waals surface area contributed by atoms with E-state index in [4.69, 9.17) is 5.73 Å². The Morgan fingerprint density at radius 3 is 2.90 bits per heavy atom. The van der Waals surface area contributed by atoms with Crippen molar-refractivity contribution in [2.45, 2.75) is 6.92 Å². The van der Waals surface area contributed by atoms with Gasteiger partial charge in [0.05, 0.1) is 0 Å². The third-order valence-electron chi connectivity index (χ3n) is 1.02. The molecule has 1 aromatic heterocycles. The molecule has 0 aromatic carbocycles. The fourth-order valence-electron chi connectivity index (χ4n) is 0.649. The molecule has 0 aliphatic carbocycles. The van der Waals surface area contributed by atoms with Crippen molar-refractivity contribution < 1.29 is 0 Å². The molecular weight excluding hydrogens is 124 g/mol. The van der Waals surface area contributed by atoms with Crippen LogP contribution in [0.5, 0.6) is 0 Å². The van der Waals surface area contributed by atoms with Gasteiger partial charge in [-0.3, -0.25) is 0 Å². The number of nitrogens with zero attached hydrogens (tertiary/aromatic N) is 1. The van der Waals surface area contributed by atoms with Crippen LogP contribution in [0.3, 0.4) is 0 Å². The first-order valence-corrected chi connectivity index (χ1v) is 2.98. The molecule has 2 heteroatoms. The van der Waals surface area contributed by atoms with E-state index >= 15 is 0 Å². The van der Waals surface area contributed by atoms with E-state index in [1.54, 1.807) is 13.0 Å². The number of hydrogen-bond acceptors (Lipinski definition) is 2. The van der Waals surface area contributed by atoms with Crippen LogP contribution in [-0.2, 0) is 0 Å². The van der Waals surface area contributed by atoms with E-state index in [2.05, 4.69) is 16.8 Å². The fourth-order valence-corrected chi connectivity index (χ4v) is 0.649. The summed E-state index contributed by atoms with van der Waals surface area (Å²) in [5, 5.41) is 0. The first-order chi connectivity index (χ1) is 4.83. The van der Waals surface area contributed by atoms with Gasteiger partial charge in [-0.1, -0.05) is 12.0 Å². The molecule has 0 bridgehead atoms. The number of nitrogens with two attached hydrogens (primary N) is 1. The summed E-state index contributed by atoms with van der Waals surface area (Å²) in [6.45, 7) is 1.77. The van der Waals surface area contributed by atoms with E-state index in [-0.39, 0.29) is 0 Å². The normalized spacial score (nSPS) is 8.10. The number of pyridine rings is 1. The summed E-state index contributed by atoms with van der Waals surface area (Å²) in [6.07, 6.45) is 0. The third kappa shape index (κ3) is 1.49. The van der Waals surface area contributed by atoms with E-state index in [1.807, 2.05) is 12.1 Å². The van der Waals surface area contributed by atoms with Crippen molar-refractivity contribution in [1.29, 1.82) is 0 Å². The summed E-state index contributed by atoms with van der Waals surface area (Å²) >= 11 is 0. The highest BCUT2D eigenvalue weighted by Crippen LogP contribution is 1.97. The van der Waals surface area contributed by atoms with Crippen LogP contribution >= 0.6 is 0 Å². The lowest BCUT2D eigenvalue weighted by Gasteiger charge is -1.90. The summed E-state index contributed by atoms with van der Waals surface area (Å²) in [7, 11) is 0. The van der Waals surface area contributed by atoms with Crippen LogP contribution in [0.4, 0.5) is 5.82 Å². The van der Waals surface area contributed by atoms with Gasteiger partial charge in [0, 0.05) is 0 Å². The molecule has 1 rings (SSSR count). The molecule has 0 fully saturated rings. The summed E-state index contributed by atoms with van der Waals surface area (Å²) in [5.74, 6) is 6.06. The Balaban J connectivity index is 3.03. The zero-order valence-corrected chi connectivity index (χ0v) is 5.76. The van der Waals surface area contributed by atoms with Crippen LogP contribution in [0.1, 0.15) is 12.6 Å². The Kier molecular flexibility index (Phi) is 1.91. The Morgan fingerprint density at radius 1 is 1.50 bits per heavy atom. The van der Waals surface area contributed by atoms with Crippen LogP contribution < -0.4 is 5.73 Å². The van der Waals surface area contributed by atoms with Gasteiger partial charge < -0.3 is 5.73 Å². The molecule has 0 unspecified atom stereocenters. The van der Waals surface area contributed by atoms with Gasteiger partial charge in [0.15, 0.2) is 0 Å². The molecule has 10 heavy (non-hydrogen) atoms. The van der Waals surface area contributed by atoms with Gasteiger partial charge >= 0.3 is 0 Å². The summed E-state index contributed by atoms with van der Waals surface area (Å²) in [4.78, 5) is 3.97. The summed E-state index contributed by atoms with van der Waals surface area (Å²) in [6, 6.07) is 5.40. The zero-order chi connectivity index (χ0) is 7.40. The summed E-state index contributed by atoms with van der Waals surface area (Å²) in [5.41, 5.74) is 6.13. The molecule has 1 heterocycles. The molecule has 0 atom stereocenters. The van der Waals surface area contributed by atoms with Gasteiger partial charge in [0.2, 0.25) is 0 Å². The average molecular weight is 132 g/mol. The Hall–Kier alpha value is -1.49. The highest BCUT2D eigenvalue weighted by molar-refractivity contribution is 5.35. The Bertz CT molecular complexity index is 281. The van der Waals surface area contributed by atoms with Gasteiger partial charge in [0.1, 0.15) is 11.5 Å². The largest absolute Gasteiger partial charge is 0.384 e. The lowest BCUT2D eigenvalue weighted by molar-refractivity contribution is 1.30. The minimum absolute atomic E-state index is 0.514. The van der Waals surface area contributed by atoms with Gasteiger partial charge in [0.25, 0.3) is 0 Å². The molecule has 0 saturated carbocycles. The molecule has 0 spiro atoms. The number of anilines is 1. The van der Waals surface area contributed by atoms with E-state index in [1.165, 1.54) is 0 Å². The van der Waals surface area contributed by atoms with Crippen molar-refractivity contribution in [2.75, 3.05) is 5.73 Å². The quantitative estimate of drug-likeness (QED) is 0.535. The molecule has 50 valence electrons. The molecule has 0 amide bonds. The lowest BCUT2D eigenvalue weighted by Crippen LogP contribution is -1.90. The van der Waals surface area contributed by atoms with Crippen LogP contribution in [0, 0.1) is 11.8 Å². The van der Waals surface area contributed by atoms with Crippen molar-refractivity contribution in [3.63, 3.8) is 0 Å². The molecule has 0 radical (unpaired) electrons. The van der Waals surface area contributed by atoms with E-state index < -0.39 is 0 Å². The predicted molar refractivity (Wildman–Crippen MR) is 41.2 cm³/mol. The first-order valence-electron chi connectivity index (χ1n) is 2.98. The minimum atomic E-state index is 0.514. The lowest BCUT2D eigenvalue weighted by atomic mass is 10.3. The van der Waals surface area contributed by atoms with Crippen molar-refractivity contribution in [3.8, 4) is 11.8 Å². The van der Waals surface area contributed by atoms with Gasteiger partial charge in [-0.2, -0.15) is 0 Å². The van der Waals surface area contributed by atoms with Crippen molar-refractivity contribution in [3.05, 3.63) is 23.9 Å². The van der Waals surface area contributed by atoms with E-state index in [0.717, 1.165) is 5.69 Å². The maximum absolute atomic E-state index is 5.41. The maximum Gasteiger partial charge on any atom is 0.124 e. The zero-order valence-electron chi connectivity index (χ0n) is 5.76. The van der Waals surface area contributed by atoms with Crippen molar-refractivity contribution in [1.82, 2.24) is 4.98 Å². The molecule has 0 aliphatic heterocycles. The van der Waals surface area contributed by atoms with Crippen molar-refractivity contribution >= 4 is 5.82 Å². The molecular formula is C8H8N2. The molecule has 1 aromatic rings. The topological polar surface area (TPSA) is 38.9 Å². The fraction of sp³-hybridized carbons (Fsp3) is 0.125. The smallest absolute Gasteiger partial charge is 0.124 e. The Labute approximate surface area is 60.1 Å². The Morgan fingerprint density at radius 2 is 2.30 bits per heavy atom. The van der Waals surface area contributed by atoms with Gasteiger partial charge in [-0.05, 0) is 25.0 Å². The highest BCUT2D eigenvalue weighted by atomic mass is 14.8. The monoisotopic (exact) mass is 132 g/mol. The maximum atomic E-state index is 5.41. The third-order valence-corrected chi connectivity index (χ3v) is 1.02. The SMILES string of the molecule is CC#Cc1cccc(N)n1. The average Bonchev–Trinajstić information content (AvgIpc) is 1.88. The predicted octanol–water partition coefficient (Wildman–Crippen LogP) is 1.04. The minimum Gasteiger partial charge on any atom is -0.384 e. The number of nitrogen functional groups attached to an aromatic ring is 1. The van der Waals surface area contributed by atoms with Crippen molar-refractivity contribution in [2.24, 2.45) is 0 Å². The second-order valence-electron chi connectivity index (χ2n) is 1.82. The van der Waals surface area contributed by atoms with Crippen LogP contribution in [0.25, 0.3) is 0 Å². The number of rotatable bonds is 0. The standard InChI is InChI=1S/C8H8N2/c1-2-4-7-5-3-6-8(9)10-7/h3,5-6H,1H3,(H2,9,10). The van der Waals surface area contributed by atoms with E-state index in [0.29, 0.717) is 5.82 Å². The molecule has 2 nitrogen and oxygen atoms in total. The van der Waals surface area contributed by atoms with E-state index in [9.17, 15) is 0 Å². The highest BCUT2D eigenvalue weighted by Gasteiger charge is 1.86. The second kappa shape index (κ2) is 2.88. The molecule has 2 N–H and O–H groups in total. The number of aromatic nitrogens is 1. The number of hydrogen-bond donors (Lipinski definition) is 1. The van der Waals surface area contributed by atoms with Gasteiger partial charge in [-0.15, -0.1) is 0 Å². The summed E-state index contributed by atoms with van der Waals surface area (Å²) < 4.78 is 0. The van der Waals surface area contributed by atoms with Gasteiger partial charge in [-0.25, -0.2) is 4.98 Å². The van der Waals surface area contributed by atoms with Crippen LogP contribution in [-0.4, -0.2) is 4.98 Å². The second-order valence-corrected chi connectivity index (χ2v) is 1.82. The first kappa shape index (κ1) is 6.63. The van der Waals surface area contributed by atoms with Crippen LogP contribution in [0.2, 0.25) is 0 Å².